The first-order chi connectivity index (χ1) is 9.22. The van der Waals surface area contributed by atoms with Crippen LogP contribution < -0.4 is 10.1 Å². The van der Waals surface area contributed by atoms with Gasteiger partial charge in [-0.1, -0.05) is 24.3 Å². The summed E-state index contributed by atoms with van der Waals surface area (Å²) >= 11 is 0. The predicted octanol–water partition coefficient (Wildman–Crippen LogP) is 2.91. The minimum Gasteiger partial charge on any atom is -0.495 e. The number of methoxy groups -OCH3 is 1. The molecule has 0 spiro atoms. The third-order valence-corrected chi connectivity index (χ3v) is 3.27. The van der Waals surface area contributed by atoms with Gasteiger partial charge in [-0.05, 0) is 37.6 Å². The first-order valence-electron chi connectivity index (χ1n) is 6.48. The largest absolute Gasteiger partial charge is 0.495 e. The van der Waals surface area contributed by atoms with Gasteiger partial charge in [0.25, 0.3) is 0 Å². The lowest BCUT2D eigenvalue weighted by Gasteiger charge is -2.10. The van der Waals surface area contributed by atoms with Crippen LogP contribution in [-0.2, 0) is 6.42 Å². The Kier molecular flexibility index (Phi) is 4.53. The number of hydrogen-bond donors (Lipinski definition) is 1. The highest BCUT2D eigenvalue weighted by atomic mass is 16.5. The predicted molar refractivity (Wildman–Crippen MR) is 78.5 cm³/mol. The summed E-state index contributed by atoms with van der Waals surface area (Å²) in [6.07, 6.45) is 4.60. The van der Waals surface area contributed by atoms with E-state index < -0.39 is 0 Å². The van der Waals surface area contributed by atoms with Crippen molar-refractivity contribution in [2.75, 3.05) is 14.2 Å². The number of hydrogen-bond acceptors (Lipinski definition) is 3. The molecule has 2 aromatic rings. The lowest BCUT2D eigenvalue weighted by Crippen LogP contribution is -2.23. The molecule has 0 radical (unpaired) electrons. The minimum absolute atomic E-state index is 0.490. The van der Waals surface area contributed by atoms with Crippen LogP contribution in [0.1, 0.15) is 12.5 Å². The molecule has 1 N–H and O–H groups in total. The quantitative estimate of drug-likeness (QED) is 0.893. The van der Waals surface area contributed by atoms with E-state index in [0.29, 0.717) is 6.04 Å². The molecule has 0 saturated carbocycles. The maximum absolute atomic E-state index is 5.20. The lowest BCUT2D eigenvalue weighted by molar-refractivity contribution is 0.413. The van der Waals surface area contributed by atoms with Crippen molar-refractivity contribution in [2.24, 2.45) is 0 Å². The van der Waals surface area contributed by atoms with E-state index in [1.807, 2.05) is 19.3 Å². The van der Waals surface area contributed by atoms with Crippen molar-refractivity contribution in [2.45, 2.75) is 19.4 Å². The average molecular weight is 256 g/mol. The summed E-state index contributed by atoms with van der Waals surface area (Å²) in [5.41, 5.74) is 3.57. The van der Waals surface area contributed by atoms with Crippen molar-refractivity contribution in [1.82, 2.24) is 10.3 Å². The number of aromatic nitrogens is 1. The zero-order valence-electron chi connectivity index (χ0n) is 11.7. The van der Waals surface area contributed by atoms with Gasteiger partial charge in [0.05, 0.1) is 13.3 Å². The molecule has 19 heavy (non-hydrogen) atoms. The van der Waals surface area contributed by atoms with E-state index in [1.165, 1.54) is 5.56 Å². The summed E-state index contributed by atoms with van der Waals surface area (Å²) in [4.78, 5) is 4.18. The summed E-state index contributed by atoms with van der Waals surface area (Å²) in [5, 5.41) is 3.25. The van der Waals surface area contributed by atoms with Crippen molar-refractivity contribution in [1.29, 1.82) is 0 Å². The van der Waals surface area contributed by atoms with Crippen LogP contribution in [-0.4, -0.2) is 25.2 Å². The maximum atomic E-state index is 5.20. The number of likely N-dealkylation sites (N-methyl/N-ethyl adjacent to an activating group) is 1. The van der Waals surface area contributed by atoms with Crippen LogP contribution in [0.25, 0.3) is 11.1 Å². The molecular formula is C16H20N2O. The fraction of sp³-hybridized carbons (Fsp3) is 0.312. The molecule has 3 nitrogen and oxygen atoms in total. The fourth-order valence-corrected chi connectivity index (χ4v) is 1.98. The molecule has 1 aromatic heterocycles. The number of pyridine rings is 1. The van der Waals surface area contributed by atoms with E-state index in [-0.39, 0.29) is 0 Å². The van der Waals surface area contributed by atoms with Gasteiger partial charge in [-0.25, -0.2) is 0 Å². The van der Waals surface area contributed by atoms with Crippen molar-refractivity contribution in [3.8, 4) is 16.9 Å². The van der Waals surface area contributed by atoms with E-state index in [1.54, 1.807) is 13.3 Å². The van der Waals surface area contributed by atoms with Gasteiger partial charge < -0.3 is 10.1 Å². The van der Waals surface area contributed by atoms with Gasteiger partial charge in [-0.2, -0.15) is 0 Å². The molecule has 1 atom stereocenters. The van der Waals surface area contributed by atoms with Crippen molar-refractivity contribution in [3.05, 3.63) is 48.3 Å². The van der Waals surface area contributed by atoms with Gasteiger partial charge in [0.1, 0.15) is 5.75 Å². The zero-order chi connectivity index (χ0) is 13.7. The number of ether oxygens (including phenoxy) is 1. The molecule has 2 rings (SSSR count). The average Bonchev–Trinajstić information content (AvgIpc) is 2.48. The van der Waals surface area contributed by atoms with E-state index >= 15 is 0 Å². The Morgan fingerprint density at radius 1 is 1.16 bits per heavy atom. The van der Waals surface area contributed by atoms with Gasteiger partial charge in [-0.15, -0.1) is 0 Å². The number of nitrogens with one attached hydrogen (secondary N) is 1. The van der Waals surface area contributed by atoms with Crippen LogP contribution in [0, 0.1) is 0 Å². The van der Waals surface area contributed by atoms with E-state index in [4.69, 9.17) is 4.74 Å². The highest BCUT2D eigenvalue weighted by molar-refractivity contribution is 5.64. The van der Waals surface area contributed by atoms with Crippen LogP contribution in [0.5, 0.6) is 5.75 Å². The molecule has 1 heterocycles. The molecule has 0 amide bonds. The third-order valence-electron chi connectivity index (χ3n) is 3.27. The van der Waals surface area contributed by atoms with E-state index in [9.17, 15) is 0 Å². The third kappa shape index (κ3) is 3.55. The van der Waals surface area contributed by atoms with Gasteiger partial charge in [0.15, 0.2) is 0 Å². The lowest BCUT2D eigenvalue weighted by atomic mass is 10.0. The van der Waals surface area contributed by atoms with Crippen LogP contribution in [0.4, 0.5) is 0 Å². The van der Waals surface area contributed by atoms with Crippen molar-refractivity contribution >= 4 is 0 Å². The van der Waals surface area contributed by atoms with Crippen molar-refractivity contribution in [3.63, 3.8) is 0 Å². The zero-order valence-corrected chi connectivity index (χ0v) is 11.7. The molecule has 3 heteroatoms. The first kappa shape index (κ1) is 13.6. The second kappa shape index (κ2) is 6.34. The molecule has 0 bridgehead atoms. The second-order valence-electron chi connectivity index (χ2n) is 4.70. The van der Waals surface area contributed by atoms with Gasteiger partial charge in [-0.3, -0.25) is 4.98 Å². The Morgan fingerprint density at radius 2 is 1.89 bits per heavy atom. The molecule has 1 aromatic carbocycles. The molecule has 1 unspecified atom stereocenters. The molecule has 0 aliphatic heterocycles. The van der Waals surface area contributed by atoms with E-state index in [0.717, 1.165) is 23.3 Å². The molecule has 0 aliphatic rings. The van der Waals surface area contributed by atoms with E-state index in [2.05, 4.69) is 41.5 Å². The van der Waals surface area contributed by atoms with Gasteiger partial charge >= 0.3 is 0 Å². The Hall–Kier alpha value is -1.87. The summed E-state index contributed by atoms with van der Waals surface area (Å²) in [6, 6.07) is 11.1. The SMILES string of the molecule is CNC(C)Cc1ccc(-c2cncc(OC)c2)cc1. The normalized spacial score (nSPS) is 12.2. The van der Waals surface area contributed by atoms with Gasteiger partial charge in [0, 0.05) is 17.8 Å². The maximum Gasteiger partial charge on any atom is 0.137 e. The number of benzene rings is 1. The Morgan fingerprint density at radius 3 is 2.53 bits per heavy atom. The van der Waals surface area contributed by atoms with Crippen molar-refractivity contribution < 1.29 is 4.74 Å². The Bertz CT molecular complexity index is 523. The molecule has 100 valence electrons. The molecule has 0 fully saturated rings. The standard InChI is InChI=1S/C16H20N2O/c1-12(17-2)8-13-4-6-14(7-5-13)15-9-16(19-3)11-18-10-15/h4-7,9-12,17H,8H2,1-3H3. The van der Waals surface area contributed by atoms with Crippen LogP contribution in [0.15, 0.2) is 42.7 Å². The minimum atomic E-state index is 0.490. The topological polar surface area (TPSA) is 34.2 Å². The number of nitrogens with zero attached hydrogens (tertiary/aromatic N) is 1. The van der Waals surface area contributed by atoms with Crippen LogP contribution in [0.3, 0.4) is 0 Å². The molecular weight excluding hydrogens is 236 g/mol. The first-order valence-corrected chi connectivity index (χ1v) is 6.48. The van der Waals surface area contributed by atoms with Gasteiger partial charge in [0.2, 0.25) is 0 Å². The van der Waals surface area contributed by atoms with Crippen LogP contribution >= 0.6 is 0 Å². The summed E-state index contributed by atoms with van der Waals surface area (Å²) in [5.74, 6) is 0.783. The highest BCUT2D eigenvalue weighted by Gasteiger charge is 2.03. The second-order valence-corrected chi connectivity index (χ2v) is 4.70. The fourth-order valence-electron chi connectivity index (χ4n) is 1.98. The summed E-state index contributed by atoms with van der Waals surface area (Å²) in [6.45, 7) is 2.18. The smallest absolute Gasteiger partial charge is 0.137 e. The van der Waals surface area contributed by atoms with Crippen LogP contribution in [0.2, 0.25) is 0 Å². The number of rotatable bonds is 5. The monoisotopic (exact) mass is 256 g/mol. The summed E-state index contributed by atoms with van der Waals surface area (Å²) < 4.78 is 5.20. The highest BCUT2D eigenvalue weighted by Crippen LogP contribution is 2.23. The Balaban J connectivity index is 2.17. The summed E-state index contributed by atoms with van der Waals surface area (Å²) in [7, 11) is 3.64. The molecule has 0 saturated heterocycles. The molecule has 0 aliphatic carbocycles. The Labute approximate surface area is 114 Å².